The van der Waals surface area contributed by atoms with Crippen molar-refractivity contribution < 1.29 is 4.79 Å². The summed E-state index contributed by atoms with van der Waals surface area (Å²) in [5.74, 6) is 0.476. The highest BCUT2D eigenvalue weighted by Crippen LogP contribution is 2.30. The molecule has 3 N–H and O–H groups in total. The summed E-state index contributed by atoms with van der Waals surface area (Å²) < 4.78 is 0. The molecular formula is C14H19N5OS2. The van der Waals surface area contributed by atoms with E-state index in [4.69, 9.17) is 12.2 Å². The summed E-state index contributed by atoms with van der Waals surface area (Å²) in [5.41, 5.74) is 7.09. The summed E-state index contributed by atoms with van der Waals surface area (Å²) in [6, 6.07) is 0.198. The number of fused-ring (bicyclic) bond motifs is 1. The normalized spacial score (nSPS) is 10.8. The minimum absolute atomic E-state index is 0.198. The van der Waals surface area contributed by atoms with Crippen molar-refractivity contribution in [3.8, 4) is 0 Å². The molecule has 0 saturated carbocycles. The third kappa shape index (κ3) is 3.50. The molecule has 0 unspecified atom stereocenters. The van der Waals surface area contributed by atoms with Gasteiger partial charge in [-0.1, -0.05) is 0 Å². The van der Waals surface area contributed by atoms with Gasteiger partial charge in [-0.15, -0.1) is 11.3 Å². The van der Waals surface area contributed by atoms with Crippen LogP contribution in [0.5, 0.6) is 0 Å². The van der Waals surface area contributed by atoms with E-state index in [-0.39, 0.29) is 11.9 Å². The van der Waals surface area contributed by atoms with Gasteiger partial charge in [0.1, 0.15) is 10.7 Å². The van der Waals surface area contributed by atoms with E-state index in [1.54, 1.807) is 0 Å². The molecule has 8 heteroatoms. The number of aryl methyl sites for hydroxylation is 3. The van der Waals surface area contributed by atoms with Gasteiger partial charge < -0.3 is 5.32 Å². The number of thiocarbonyl (C=S) groups is 1. The first kappa shape index (κ1) is 16.6. The molecule has 0 bridgehead atoms. The van der Waals surface area contributed by atoms with Crippen molar-refractivity contribution in [3.63, 3.8) is 0 Å². The average Bonchev–Trinajstić information content (AvgIpc) is 2.72. The van der Waals surface area contributed by atoms with Crippen LogP contribution in [0.25, 0.3) is 10.2 Å². The highest BCUT2D eigenvalue weighted by molar-refractivity contribution is 7.80. The van der Waals surface area contributed by atoms with Crippen LogP contribution in [0.15, 0.2) is 0 Å². The average molecular weight is 337 g/mol. The number of carbonyl (C=O) groups is 1. The Morgan fingerprint density at radius 1 is 1.18 bits per heavy atom. The molecule has 0 aromatic carbocycles. The number of thiophene rings is 1. The van der Waals surface area contributed by atoms with Gasteiger partial charge in [-0.05, 0) is 52.4 Å². The van der Waals surface area contributed by atoms with E-state index in [1.807, 2.05) is 34.6 Å². The van der Waals surface area contributed by atoms with Gasteiger partial charge in [0.2, 0.25) is 0 Å². The molecular weight excluding hydrogens is 318 g/mol. The van der Waals surface area contributed by atoms with Crippen molar-refractivity contribution >= 4 is 44.8 Å². The van der Waals surface area contributed by atoms with Crippen LogP contribution < -0.4 is 16.2 Å². The number of carbonyl (C=O) groups excluding carboxylic acids is 1. The molecule has 118 valence electrons. The highest BCUT2D eigenvalue weighted by atomic mass is 32.1. The Morgan fingerprint density at radius 2 is 1.86 bits per heavy atom. The summed E-state index contributed by atoms with van der Waals surface area (Å²) in [6.45, 7) is 9.62. The van der Waals surface area contributed by atoms with E-state index in [2.05, 4.69) is 26.1 Å². The third-order valence-electron chi connectivity index (χ3n) is 3.00. The Labute approximate surface area is 138 Å². The molecule has 0 aliphatic heterocycles. The van der Waals surface area contributed by atoms with E-state index in [1.165, 1.54) is 11.3 Å². The van der Waals surface area contributed by atoms with Gasteiger partial charge in [0.25, 0.3) is 5.91 Å². The Bertz CT molecular complexity index is 738. The quantitative estimate of drug-likeness (QED) is 0.575. The second-order valence-electron chi connectivity index (χ2n) is 5.30. The topological polar surface area (TPSA) is 78.9 Å². The zero-order valence-electron chi connectivity index (χ0n) is 13.2. The fourth-order valence-electron chi connectivity index (χ4n) is 2.16. The first-order valence-electron chi connectivity index (χ1n) is 6.90. The molecule has 2 aromatic heterocycles. The summed E-state index contributed by atoms with van der Waals surface area (Å²) in [7, 11) is 0. The van der Waals surface area contributed by atoms with Crippen molar-refractivity contribution in [1.82, 2.24) is 26.1 Å². The smallest absolute Gasteiger partial charge is 0.280 e. The van der Waals surface area contributed by atoms with Crippen molar-refractivity contribution in [3.05, 3.63) is 22.0 Å². The molecule has 0 radical (unpaired) electrons. The summed E-state index contributed by atoms with van der Waals surface area (Å²) >= 11 is 6.44. The van der Waals surface area contributed by atoms with Crippen molar-refractivity contribution in [2.45, 2.75) is 40.7 Å². The van der Waals surface area contributed by atoms with Gasteiger partial charge >= 0.3 is 0 Å². The molecule has 6 nitrogen and oxygen atoms in total. The van der Waals surface area contributed by atoms with Crippen molar-refractivity contribution in [1.29, 1.82) is 0 Å². The first-order chi connectivity index (χ1) is 10.3. The van der Waals surface area contributed by atoms with Gasteiger partial charge in [-0.2, -0.15) is 0 Å². The molecule has 2 heterocycles. The van der Waals surface area contributed by atoms with E-state index in [0.29, 0.717) is 15.8 Å². The fourth-order valence-corrected chi connectivity index (χ4v) is 3.62. The number of nitrogens with zero attached hydrogens (tertiary/aromatic N) is 2. The van der Waals surface area contributed by atoms with Crippen LogP contribution in [0, 0.1) is 20.8 Å². The zero-order valence-corrected chi connectivity index (χ0v) is 14.8. The number of nitrogens with one attached hydrogen (secondary N) is 3. The lowest BCUT2D eigenvalue weighted by molar-refractivity contribution is 0.0947. The third-order valence-corrected chi connectivity index (χ3v) is 4.40. The number of hydrazine groups is 1. The SMILES string of the molecule is Cc1nc(C)c2c(C)c(C(=O)NNC(=S)NC(C)C)sc2n1. The van der Waals surface area contributed by atoms with Gasteiger partial charge in [-0.25, -0.2) is 9.97 Å². The van der Waals surface area contributed by atoms with Crippen LogP contribution >= 0.6 is 23.6 Å². The van der Waals surface area contributed by atoms with E-state index in [0.717, 1.165) is 21.5 Å². The molecule has 2 rings (SSSR count). The van der Waals surface area contributed by atoms with Gasteiger partial charge in [0.15, 0.2) is 5.11 Å². The minimum Gasteiger partial charge on any atom is -0.359 e. The monoisotopic (exact) mass is 337 g/mol. The summed E-state index contributed by atoms with van der Waals surface area (Å²) in [5, 5.41) is 4.33. The predicted octanol–water partition coefficient (Wildman–Crippen LogP) is 2.13. The predicted molar refractivity (Wildman–Crippen MR) is 93.1 cm³/mol. The van der Waals surface area contributed by atoms with Crippen LogP contribution in [0.3, 0.4) is 0 Å². The molecule has 0 spiro atoms. The van der Waals surface area contributed by atoms with Crippen molar-refractivity contribution in [2.75, 3.05) is 0 Å². The maximum Gasteiger partial charge on any atom is 0.280 e. The fraction of sp³-hybridized carbons (Fsp3) is 0.429. The molecule has 1 amide bonds. The van der Waals surface area contributed by atoms with Crippen LogP contribution in [0.1, 0.15) is 40.6 Å². The molecule has 0 aliphatic rings. The Morgan fingerprint density at radius 3 is 2.50 bits per heavy atom. The second kappa shape index (κ2) is 6.53. The van der Waals surface area contributed by atoms with Gasteiger partial charge in [0, 0.05) is 17.1 Å². The van der Waals surface area contributed by atoms with E-state index in [9.17, 15) is 4.79 Å². The minimum atomic E-state index is -0.231. The van der Waals surface area contributed by atoms with Crippen LogP contribution in [-0.4, -0.2) is 27.0 Å². The molecule has 0 saturated heterocycles. The second-order valence-corrected chi connectivity index (χ2v) is 6.71. The molecule has 0 aliphatic carbocycles. The van der Waals surface area contributed by atoms with Crippen LogP contribution in [0.4, 0.5) is 0 Å². The van der Waals surface area contributed by atoms with E-state index < -0.39 is 0 Å². The van der Waals surface area contributed by atoms with Gasteiger partial charge in [0.05, 0.1) is 4.88 Å². The number of hydrogen-bond donors (Lipinski definition) is 3. The Kier molecular flexibility index (Phi) is 4.92. The number of amides is 1. The Balaban J connectivity index is 2.20. The van der Waals surface area contributed by atoms with Gasteiger partial charge in [-0.3, -0.25) is 15.6 Å². The highest BCUT2D eigenvalue weighted by Gasteiger charge is 2.18. The maximum absolute atomic E-state index is 12.3. The molecule has 2 aromatic rings. The summed E-state index contributed by atoms with van der Waals surface area (Å²) in [6.07, 6.45) is 0. The van der Waals surface area contributed by atoms with Crippen molar-refractivity contribution in [2.24, 2.45) is 0 Å². The standard InChI is InChI=1S/C14H19N5OS2/c1-6(2)15-14(21)19-18-12(20)11-7(3)10-8(4)16-9(5)17-13(10)22-11/h6H,1-5H3,(H,18,20)(H2,15,19,21). The number of aromatic nitrogens is 2. The first-order valence-corrected chi connectivity index (χ1v) is 8.13. The zero-order chi connectivity index (χ0) is 16.4. The molecule has 22 heavy (non-hydrogen) atoms. The van der Waals surface area contributed by atoms with Crippen LogP contribution in [-0.2, 0) is 0 Å². The maximum atomic E-state index is 12.3. The largest absolute Gasteiger partial charge is 0.359 e. The van der Waals surface area contributed by atoms with E-state index >= 15 is 0 Å². The molecule has 0 fully saturated rings. The molecule has 0 atom stereocenters. The lowest BCUT2D eigenvalue weighted by Crippen LogP contribution is -2.48. The number of hydrogen-bond acceptors (Lipinski definition) is 5. The lowest BCUT2D eigenvalue weighted by Gasteiger charge is -2.13. The summed E-state index contributed by atoms with van der Waals surface area (Å²) in [4.78, 5) is 22.5. The van der Waals surface area contributed by atoms with Crippen LogP contribution in [0.2, 0.25) is 0 Å². The Hall–Kier alpha value is -1.80. The number of rotatable bonds is 2. The lowest BCUT2D eigenvalue weighted by atomic mass is 10.1.